The fourth-order valence-corrected chi connectivity index (χ4v) is 4.31. The van der Waals surface area contributed by atoms with Crippen molar-refractivity contribution in [2.45, 2.75) is 25.0 Å². The molecule has 3 aromatic rings. The molecule has 0 bridgehead atoms. The summed E-state index contributed by atoms with van der Waals surface area (Å²) in [6.07, 6.45) is 3.13. The van der Waals surface area contributed by atoms with E-state index in [9.17, 15) is 14.7 Å². The highest BCUT2D eigenvalue weighted by atomic mass is 16.5. The van der Waals surface area contributed by atoms with Crippen LogP contribution in [0.15, 0.2) is 70.9 Å². The Kier molecular flexibility index (Phi) is 4.64. The predicted molar refractivity (Wildman–Crippen MR) is 111 cm³/mol. The zero-order chi connectivity index (χ0) is 20.7. The number of ether oxygens (including phenoxy) is 1. The van der Waals surface area contributed by atoms with Gasteiger partial charge in [-0.3, -0.25) is 9.59 Å². The summed E-state index contributed by atoms with van der Waals surface area (Å²) in [6, 6.07) is 15.9. The molecule has 2 unspecified atom stereocenters. The van der Waals surface area contributed by atoms with Gasteiger partial charge in [0, 0.05) is 18.7 Å². The molecule has 6 heteroatoms. The third-order valence-electron chi connectivity index (χ3n) is 5.80. The standard InChI is InChI=1S/C24H21NO5/c26-22(17-10-9-15-5-1-2-6-16(15)13-17)20-21(19-8-4-12-30-19)25(24(28)23(20)27)14-18-7-3-11-29-18/h1-2,4-6,8-10,12-13,18,21,26H,3,7,11,14H2/b22-20-. The van der Waals surface area contributed by atoms with Gasteiger partial charge in [0.2, 0.25) is 0 Å². The van der Waals surface area contributed by atoms with Crippen LogP contribution in [-0.4, -0.2) is 41.0 Å². The molecule has 0 spiro atoms. The lowest BCUT2D eigenvalue weighted by atomic mass is 9.97. The monoisotopic (exact) mass is 403 g/mol. The van der Waals surface area contributed by atoms with Crippen LogP contribution in [-0.2, 0) is 14.3 Å². The summed E-state index contributed by atoms with van der Waals surface area (Å²) >= 11 is 0. The van der Waals surface area contributed by atoms with Crippen LogP contribution < -0.4 is 0 Å². The molecule has 2 aliphatic heterocycles. The van der Waals surface area contributed by atoms with Gasteiger partial charge in [0.25, 0.3) is 11.7 Å². The summed E-state index contributed by atoms with van der Waals surface area (Å²) in [5, 5.41) is 13.1. The molecule has 6 nitrogen and oxygen atoms in total. The number of benzene rings is 2. The predicted octanol–water partition coefficient (Wildman–Crippen LogP) is 4.03. The zero-order valence-electron chi connectivity index (χ0n) is 16.3. The lowest BCUT2D eigenvalue weighted by Gasteiger charge is -2.25. The molecule has 2 fully saturated rings. The van der Waals surface area contributed by atoms with E-state index < -0.39 is 17.7 Å². The van der Waals surface area contributed by atoms with Crippen LogP contribution in [0.4, 0.5) is 0 Å². The second-order valence-electron chi connectivity index (χ2n) is 7.66. The van der Waals surface area contributed by atoms with Gasteiger partial charge >= 0.3 is 0 Å². The molecule has 30 heavy (non-hydrogen) atoms. The van der Waals surface area contributed by atoms with Crippen molar-refractivity contribution in [1.29, 1.82) is 0 Å². The quantitative estimate of drug-likeness (QED) is 0.404. The highest BCUT2D eigenvalue weighted by Gasteiger charge is 2.48. The van der Waals surface area contributed by atoms with E-state index in [2.05, 4.69) is 0 Å². The average Bonchev–Trinajstić information content (AvgIpc) is 3.52. The van der Waals surface area contributed by atoms with Crippen LogP contribution in [0.2, 0.25) is 0 Å². The number of likely N-dealkylation sites (tertiary alicyclic amines) is 1. The third kappa shape index (κ3) is 3.09. The fourth-order valence-electron chi connectivity index (χ4n) is 4.31. The Morgan fingerprint density at radius 2 is 1.90 bits per heavy atom. The van der Waals surface area contributed by atoms with Gasteiger partial charge in [0.15, 0.2) is 0 Å². The molecule has 3 heterocycles. The molecule has 0 aliphatic carbocycles. The van der Waals surface area contributed by atoms with E-state index in [0.717, 1.165) is 23.6 Å². The molecule has 2 atom stereocenters. The van der Waals surface area contributed by atoms with Crippen molar-refractivity contribution in [3.8, 4) is 0 Å². The van der Waals surface area contributed by atoms with Crippen LogP contribution in [0, 0.1) is 0 Å². The Bertz CT molecular complexity index is 1140. The van der Waals surface area contributed by atoms with Crippen molar-refractivity contribution in [2.24, 2.45) is 0 Å². The number of rotatable bonds is 4. The minimum atomic E-state index is -0.782. The van der Waals surface area contributed by atoms with Gasteiger partial charge in [-0.05, 0) is 41.8 Å². The van der Waals surface area contributed by atoms with Crippen molar-refractivity contribution in [2.75, 3.05) is 13.2 Å². The van der Waals surface area contributed by atoms with Gasteiger partial charge in [0.05, 0.1) is 17.9 Å². The number of amides is 1. The van der Waals surface area contributed by atoms with Crippen LogP contribution in [0.3, 0.4) is 0 Å². The maximum Gasteiger partial charge on any atom is 0.295 e. The molecular weight excluding hydrogens is 382 g/mol. The van der Waals surface area contributed by atoms with E-state index in [1.807, 2.05) is 36.4 Å². The first-order chi connectivity index (χ1) is 14.6. The van der Waals surface area contributed by atoms with Gasteiger partial charge < -0.3 is 19.2 Å². The number of aliphatic hydroxyl groups excluding tert-OH is 1. The lowest BCUT2D eigenvalue weighted by Crippen LogP contribution is -2.36. The topological polar surface area (TPSA) is 80.0 Å². The number of carbonyl (C=O) groups excluding carboxylic acids is 2. The van der Waals surface area contributed by atoms with Crippen LogP contribution >= 0.6 is 0 Å². The van der Waals surface area contributed by atoms with E-state index in [0.29, 0.717) is 17.9 Å². The summed E-state index contributed by atoms with van der Waals surface area (Å²) in [7, 11) is 0. The first-order valence-electron chi connectivity index (χ1n) is 10.1. The molecule has 2 aliphatic rings. The van der Waals surface area contributed by atoms with Crippen molar-refractivity contribution in [1.82, 2.24) is 4.90 Å². The van der Waals surface area contributed by atoms with E-state index >= 15 is 0 Å². The highest BCUT2D eigenvalue weighted by Crippen LogP contribution is 2.40. The van der Waals surface area contributed by atoms with Crippen LogP contribution in [0.1, 0.15) is 30.2 Å². The molecule has 1 aromatic heterocycles. The third-order valence-corrected chi connectivity index (χ3v) is 5.80. The van der Waals surface area contributed by atoms with Gasteiger partial charge in [0.1, 0.15) is 17.6 Å². The van der Waals surface area contributed by atoms with Gasteiger partial charge in [-0.1, -0.05) is 36.4 Å². The Hall–Kier alpha value is -3.38. The Labute approximate surface area is 173 Å². The summed E-state index contributed by atoms with van der Waals surface area (Å²) in [6.45, 7) is 0.932. The number of furan rings is 1. The number of hydrogen-bond acceptors (Lipinski definition) is 5. The average molecular weight is 403 g/mol. The lowest BCUT2D eigenvalue weighted by molar-refractivity contribution is -0.141. The minimum absolute atomic E-state index is 0.0447. The first kappa shape index (κ1) is 18.6. The van der Waals surface area contributed by atoms with E-state index in [4.69, 9.17) is 9.15 Å². The summed E-state index contributed by atoms with van der Waals surface area (Å²) < 4.78 is 11.2. The van der Waals surface area contributed by atoms with Crippen LogP contribution in [0.5, 0.6) is 0 Å². The van der Waals surface area contributed by atoms with Crippen molar-refractivity contribution in [3.05, 3.63) is 77.8 Å². The number of fused-ring (bicyclic) bond motifs is 1. The second kappa shape index (κ2) is 7.46. The molecule has 1 amide bonds. The Morgan fingerprint density at radius 3 is 2.63 bits per heavy atom. The maximum absolute atomic E-state index is 13.0. The van der Waals surface area contributed by atoms with Crippen molar-refractivity contribution < 1.29 is 23.8 Å². The van der Waals surface area contributed by atoms with E-state index in [1.54, 1.807) is 18.2 Å². The second-order valence-corrected chi connectivity index (χ2v) is 7.66. The zero-order valence-corrected chi connectivity index (χ0v) is 16.3. The number of ketones is 1. The normalized spacial score (nSPS) is 23.5. The highest BCUT2D eigenvalue weighted by molar-refractivity contribution is 6.46. The Morgan fingerprint density at radius 1 is 1.07 bits per heavy atom. The molecular formula is C24H21NO5. The number of carbonyl (C=O) groups is 2. The number of aliphatic hydroxyl groups is 1. The largest absolute Gasteiger partial charge is 0.507 e. The molecule has 2 saturated heterocycles. The van der Waals surface area contributed by atoms with Gasteiger partial charge in [-0.2, -0.15) is 0 Å². The SMILES string of the molecule is O=C1C(=O)N(CC2CCCO2)C(c2ccco2)/C1=C(/O)c1ccc2ccccc2c1. The van der Waals surface area contributed by atoms with Crippen molar-refractivity contribution >= 4 is 28.2 Å². The molecule has 0 radical (unpaired) electrons. The van der Waals surface area contributed by atoms with Crippen LogP contribution in [0.25, 0.3) is 16.5 Å². The van der Waals surface area contributed by atoms with E-state index in [1.165, 1.54) is 11.2 Å². The van der Waals surface area contributed by atoms with E-state index in [-0.39, 0.29) is 24.0 Å². The first-order valence-corrected chi connectivity index (χ1v) is 10.1. The summed E-state index contributed by atoms with van der Waals surface area (Å²) in [5.41, 5.74) is 0.531. The summed E-state index contributed by atoms with van der Waals surface area (Å²) in [5.74, 6) is -1.11. The number of Topliss-reactive ketones (excluding diaryl/α,β-unsaturated/α-hetero) is 1. The smallest absolute Gasteiger partial charge is 0.295 e. The molecule has 152 valence electrons. The molecule has 5 rings (SSSR count). The van der Waals surface area contributed by atoms with Gasteiger partial charge in [-0.15, -0.1) is 0 Å². The van der Waals surface area contributed by atoms with Crippen molar-refractivity contribution in [3.63, 3.8) is 0 Å². The molecule has 0 saturated carbocycles. The minimum Gasteiger partial charge on any atom is -0.507 e. The Balaban J connectivity index is 1.61. The van der Waals surface area contributed by atoms with Gasteiger partial charge in [-0.25, -0.2) is 0 Å². The number of hydrogen-bond donors (Lipinski definition) is 1. The molecule has 2 aromatic carbocycles. The summed E-state index contributed by atoms with van der Waals surface area (Å²) in [4.78, 5) is 27.3. The fraction of sp³-hybridized carbons (Fsp3) is 0.250. The maximum atomic E-state index is 13.0. The number of nitrogens with zero attached hydrogens (tertiary/aromatic N) is 1. The molecule has 1 N–H and O–H groups in total.